The van der Waals surface area contributed by atoms with Crippen LogP contribution in [0, 0.1) is 0 Å². The maximum Gasteiger partial charge on any atom is 1.00 e. The number of aldehydes is 1. The Morgan fingerprint density at radius 1 is 1.05 bits per heavy atom. The van der Waals surface area contributed by atoms with Crippen LogP contribution < -0.4 is 88.7 Å². The molecule has 0 saturated carbocycles. The summed E-state index contributed by atoms with van der Waals surface area (Å²) in [5.74, 6) is 0. The van der Waals surface area contributed by atoms with Gasteiger partial charge in [0, 0.05) is 0 Å². The van der Waals surface area contributed by atoms with E-state index in [4.69, 9.17) is 30.2 Å². The Morgan fingerprint density at radius 3 is 1.79 bits per heavy atom. The Morgan fingerprint density at radius 2 is 1.47 bits per heavy atom. The number of rotatable bonds is 7. The van der Waals surface area contributed by atoms with Gasteiger partial charge in [-0.3, -0.25) is 4.52 Å². The summed E-state index contributed by atoms with van der Waals surface area (Å²) in [6.45, 7) is -0.964. The van der Waals surface area contributed by atoms with Crippen molar-refractivity contribution >= 4 is 14.1 Å². The molecule has 4 unspecified atom stereocenters. The number of hydrogen-bond donors (Lipinski definition) is 6. The third kappa shape index (κ3) is 14.0. The number of phosphoric acid groups is 1. The molecule has 0 amide bonds. The molecule has 0 bridgehead atoms. The standard InChI is InChI=1S/C6H13O9P.3Na.3H/c7-1-3(8)5(10)6(11)4(9)2-15-16(12,13)14;;;;;;/h1,3-6,8-11H,2H2,(H2,12,13,14);;;;;;/q;3*+1;3*-1. The van der Waals surface area contributed by atoms with Crippen molar-refractivity contribution in [3.05, 3.63) is 0 Å². The molecular weight excluding hydrogens is 316 g/mol. The van der Waals surface area contributed by atoms with Gasteiger partial charge in [-0.1, -0.05) is 0 Å². The minimum absolute atomic E-state index is 0. The number of aliphatic hydroxyl groups excluding tert-OH is 4. The summed E-state index contributed by atoms with van der Waals surface area (Å²) < 4.78 is 14.1. The van der Waals surface area contributed by atoms with E-state index in [1.165, 1.54) is 0 Å². The molecule has 0 spiro atoms. The third-order valence-electron chi connectivity index (χ3n) is 1.65. The second-order valence-electron chi connectivity index (χ2n) is 2.96. The molecule has 19 heavy (non-hydrogen) atoms. The van der Waals surface area contributed by atoms with Gasteiger partial charge < -0.3 is 39.3 Å². The van der Waals surface area contributed by atoms with Gasteiger partial charge in [0.15, 0.2) is 6.29 Å². The van der Waals surface area contributed by atoms with Gasteiger partial charge in [-0.2, -0.15) is 0 Å². The average molecular weight is 332 g/mol. The second-order valence-corrected chi connectivity index (χ2v) is 4.20. The predicted molar refractivity (Wildman–Crippen MR) is 51.4 cm³/mol. The van der Waals surface area contributed by atoms with Crippen LogP contribution in [0.2, 0.25) is 0 Å². The Hall–Kier alpha value is 2.62. The zero-order chi connectivity index (χ0) is 12.9. The molecule has 0 aromatic rings. The van der Waals surface area contributed by atoms with E-state index < -0.39 is 38.8 Å². The summed E-state index contributed by atoms with van der Waals surface area (Å²) >= 11 is 0. The number of carbonyl (C=O) groups is 1. The average Bonchev–Trinajstić information content (AvgIpc) is 2.21. The first-order valence-electron chi connectivity index (χ1n) is 4.06. The molecule has 9 nitrogen and oxygen atoms in total. The molecule has 0 radical (unpaired) electrons. The quantitative estimate of drug-likeness (QED) is 0.151. The Kier molecular flexibility index (Phi) is 22.2. The molecule has 0 aliphatic heterocycles. The number of hydrogen-bond acceptors (Lipinski definition) is 7. The van der Waals surface area contributed by atoms with E-state index in [2.05, 4.69) is 4.52 Å². The van der Waals surface area contributed by atoms with Crippen molar-refractivity contribution in [1.82, 2.24) is 0 Å². The molecule has 13 heteroatoms. The van der Waals surface area contributed by atoms with Crippen LogP contribution in [0.25, 0.3) is 0 Å². The molecule has 0 heterocycles. The third-order valence-corrected chi connectivity index (χ3v) is 2.13. The summed E-state index contributed by atoms with van der Waals surface area (Å²) in [6, 6.07) is 0. The summed E-state index contributed by atoms with van der Waals surface area (Å²) in [6.07, 6.45) is -7.80. The molecule has 0 aliphatic rings. The van der Waals surface area contributed by atoms with Crippen LogP contribution in [0.15, 0.2) is 0 Å². The summed E-state index contributed by atoms with van der Waals surface area (Å²) in [5.41, 5.74) is 0. The van der Waals surface area contributed by atoms with Crippen LogP contribution in [-0.4, -0.2) is 67.5 Å². The van der Waals surface area contributed by atoms with E-state index in [1.807, 2.05) is 0 Å². The second kappa shape index (κ2) is 14.2. The Balaban J connectivity index is -0.0000000750. The minimum atomic E-state index is -4.80. The first-order valence-corrected chi connectivity index (χ1v) is 5.59. The molecule has 6 N–H and O–H groups in total. The molecule has 0 saturated heterocycles. The number of aliphatic hydroxyl groups is 4. The van der Waals surface area contributed by atoms with Gasteiger partial charge in [0.05, 0.1) is 6.61 Å². The fourth-order valence-corrected chi connectivity index (χ4v) is 1.13. The first-order chi connectivity index (χ1) is 7.19. The minimum Gasteiger partial charge on any atom is -1.00 e. The molecule has 0 aromatic heterocycles. The van der Waals surface area contributed by atoms with Crippen molar-refractivity contribution in [2.75, 3.05) is 6.61 Å². The summed E-state index contributed by atoms with van der Waals surface area (Å²) in [4.78, 5) is 26.6. The number of phosphoric ester groups is 1. The van der Waals surface area contributed by atoms with E-state index in [9.17, 15) is 9.36 Å². The van der Waals surface area contributed by atoms with Crippen LogP contribution in [0.3, 0.4) is 0 Å². The fourth-order valence-electron chi connectivity index (χ4n) is 0.782. The van der Waals surface area contributed by atoms with Crippen molar-refractivity contribution in [2.24, 2.45) is 0 Å². The zero-order valence-electron chi connectivity index (χ0n) is 13.9. The van der Waals surface area contributed by atoms with Gasteiger partial charge in [-0.05, 0) is 0 Å². The van der Waals surface area contributed by atoms with Gasteiger partial charge in [-0.25, -0.2) is 4.57 Å². The molecule has 4 atom stereocenters. The van der Waals surface area contributed by atoms with Gasteiger partial charge in [0.1, 0.15) is 24.4 Å². The first kappa shape index (κ1) is 29.6. The topological polar surface area (TPSA) is 165 Å². The van der Waals surface area contributed by atoms with Crippen molar-refractivity contribution < 1.29 is 137 Å². The predicted octanol–water partition coefficient (Wildman–Crippen LogP) is -11.9. The van der Waals surface area contributed by atoms with E-state index in [0.717, 1.165) is 0 Å². The van der Waals surface area contributed by atoms with Crippen LogP contribution in [0.5, 0.6) is 0 Å². The molecule has 0 aliphatic carbocycles. The molecule has 0 fully saturated rings. The van der Waals surface area contributed by atoms with Crippen LogP contribution >= 0.6 is 7.82 Å². The van der Waals surface area contributed by atoms with Gasteiger partial charge >= 0.3 is 96.5 Å². The van der Waals surface area contributed by atoms with Gasteiger partial charge in [0.25, 0.3) is 0 Å². The maximum atomic E-state index is 10.2. The largest absolute Gasteiger partial charge is 1.00 e. The summed E-state index contributed by atoms with van der Waals surface area (Å²) in [7, 11) is -4.80. The normalized spacial score (nSPS) is 16.7. The van der Waals surface area contributed by atoms with E-state index in [1.54, 1.807) is 0 Å². The van der Waals surface area contributed by atoms with Crippen molar-refractivity contribution in [3.63, 3.8) is 0 Å². The Bertz CT molecular complexity index is 287. The van der Waals surface area contributed by atoms with Crippen molar-refractivity contribution in [1.29, 1.82) is 0 Å². The van der Waals surface area contributed by atoms with E-state index in [0.29, 0.717) is 0 Å². The van der Waals surface area contributed by atoms with E-state index in [-0.39, 0.29) is 99.2 Å². The Labute approximate surface area is 180 Å². The van der Waals surface area contributed by atoms with Crippen LogP contribution in [0.1, 0.15) is 4.28 Å². The number of carbonyl (C=O) groups excluding carboxylic acids is 1. The fraction of sp³-hybridized carbons (Fsp3) is 0.833. The molecular formula is C6H16Na3O9P. The monoisotopic (exact) mass is 332 g/mol. The SMILES string of the molecule is O=CC(O)C(O)C(O)C(O)COP(=O)(O)O.[H-].[H-].[H-].[Na+].[Na+].[Na+]. The molecule has 102 valence electrons. The maximum absolute atomic E-state index is 10.2. The van der Waals surface area contributed by atoms with Crippen molar-refractivity contribution in [3.8, 4) is 0 Å². The summed E-state index contributed by atoms with van der Waals surface area (Å²) in [5, 5.41) is 36.1. The van der Waals surface area contributed by atoms with E-state index >= 15 is 0 Å². The smallest absolute Gasteiger partial charge is 1.00 e. The molecule has 0 rings (SSSR count). The zero-order valence-corrected chi connectivity index (χ0v) is 17.8. The van der Waals surface area contributed by atoms with Gasteiger partial charge in [-0.15, -0.1) is 0 Å². The molecule has 0 aromatic carbocycles. The van der Waals surface area contributed by atoms with Gasteiger partial charge in [0.2, 0.25) is 0 Å². The van der Waals surface area contributed by atoms with Crippen LogP contribution in [-0.2, 0) is 13.9 Å². The van der Waals surface area contributed by atoms with Crippen LogP contribution in [0.4, 0.5) is 0 Å². The van der Waals surface area contributed by atoms with Crippen molar-refractivity contribution in [2.45, 2.75) is 24.4 Å².